The molecule has 6 nitrogen and oxygen atoms in total. The van der Waals surface area contributed by atoms with Crippen LogP contribution in [0.1, 0.15) is 26.1 Å². The maximum Gasteiger partial charge on any atom is 0.221 e. The van der Waals surface area contributed by atoms with E-state index in [1.54, 1.807) is 24.3 Å². The van der Waals surface area contributed by atoms with Crippen LogP contribution in [0.4, 0.5) is 5.69 Å². The lowest BCUT2D eigenvalue weighted by Gasteiger charge is -2.16. The molecule has 0 aliphatic heterocycles. The first-order valence-corrected chi connectivity index (χ1v) is 9.19. The molecule has 1 aromatic heterocycles. The number of ether oxygens (including phenoxy) is 1. The van der Waals surface area contributed by atoms with Crippen LogP contribution in [0.3, 0.4) is 0 Å². The third-order valence-corrected chi connectivity index (χ3v) is 4.22. The summed E-state index contributed by atoms with van der Waals surface area (Å²) in [5.74, 6) is 1.51. The standard InChI is InChI=1S/C21H25N3O3/c1-3-6-21-23-19-7-4-5-8-20(19)24(21)13-17(26)14-27-18-11-9-16(10-12-18)22-15(2)25/h4-5,7-12,17,26H,3,6,13-14H2,1-2H3,(H,22,25)/t17-/m0/s1. The fourth-order valence-corrected chi connectivity index (χ4v) is 3.04. The molecule has 1 atom stereocenters. The number of aromatic nitrogens is 2. The summed E-state index contributed by atoms with van der Waals surface area (Å²) >= 11 is 0. The SMILES string of the molecule is CCCc1nc2ccccc2n1C[C@H](O)COc1ccc(NC(C)=O)cc1. The molecule has 1 amide bonds. The van der Waals surface area contributed by atoms with Crippen LogP contribution >= 0.6 is 0 Å². The van der Waals surface area contributed by atoms with Gasteiger partial charge in [0.15, 0.2) is 0 Å². The highest BCUT2D eigenvalue weighted by molar-refractivity contribution is 5.88. The number of carbonyl (C=O) groups excluding carboxylic acids is 1. The van der Waals surface area contributed by atoms with Crippen LogP contribution in [0, 0.1) is 0 Å². The Kier molecular flexibility index (Phi) is 6.08. The van der Waals surface area contributed by atoms with Gasteiger partial charge in [-0.2, -0.15) is 0 Å². The molecule has 0 aliphatic rings. The largest absolute Gasteiger partial charge is 0.491 e. The first-order valence-electron chi connectivity index (χ1n) is 9.19. The molecule has 3 aromatic rings. The lowest BCUT2D eigenvalue weighted by atomic mass is 10.2. The van der Waals surface area contributed by atoms with Crippen LogP contribution in [-0.4, -0.2) is 33.3 Å². The molecule has 2 aromatic carbocycles. The van der Waals surface area contributed by atoms with E-state index < -0.39 is 6.10 Å². The van der Waals surface area contributed by atoms with Crippen molar-refractivity contribution < 1.29 is 14.6 Å². The summed E-state index contributed by atoms with van der Waals surface area (Å²) in [5, 5.41) is 13.2. The third-order valence-electron chi connectivity index (χ3n) is 4.22. The van der Waals surface area contributed by atoms with Gasteiger partial charge in [-0.25, -0.2) is 4.98 Å². The fourth-order valence-electron chi connectivity index (χ4n) is 3.04. The van der Waals surface area contributed by atoms with Gasteiger partial charge in [-0.05, 0) is 42.8 Å². The number of anilines is 1. The Morgan fingerprint density at radius 2 is 1.96 bits per heavy atom. The number of amides is 1. The molecule has 0 radical (unpaired) electrons. The average molecular weight is 367 g/mol. The number of aliphatic hydroxyl groups excluding tert-OH is 1. The number of rotatable bonds is 8. The fraction of sp³-hybridized carbons (Fsp3) is 0.333. The number of para-hydroxylation sites is 2. The maximum absolute atomic E-state index is 11.0. The zero-order chi connectivity index (χ0) is 19.2. The maximum atomic E-state index is 11.0. The van der Waals surface area contributed by atoms with Crippen molar-refractivity contribution in [2.45, 2.75) is 39.3 Å². The molecule has 27 heavy (non-hydrogen) atoms. The Balaban J connectivity index is 1.64. The second-order valence-electron chi connectivity index (χ2n) is 6.55. The van der Waals surface area contributed by atoms with Gasteiger partial charge in [0.25, 0.3) is 0 Å². The molecule has 3 rings (SSSR count). The number of hydrogen-bond donors (Lipinski definition) is 2. The highest BCUT2D eigenvalue weighted by Gasteiger charge is 2.14. The minimum absolute atomic E-state index is 0.116. The van der Waals surface area contributed by atoms with Crippen molar-refractivity contribution >= 4 is 22.6 Å². The smallest absolute Gasteiger partial charge is 0.221 e. The lowest BCUT2D eigenvalue weighted by Crippen LogP contribution is -2.24. The average Bonchev–Trinajstić information content (AvgIpc) is 2.98. The van der Waals surface area contributed by atoms with E-state index in [4.69, 9.17) is 4.74 Å². The van der Waals surface area contributed by atoms with E-state index in [-0.39, 0.29) is 12.5 Å². The van der Waals surface area contributed by atoms with Crippen LogP contribution in [-0.2, 0) is 17.8 Å². The van der Waals surface area contributed by atoms with Gasteiger partial charge in [0, 0.05) is 19.0 Å². The molecular weight excluding hydrogens is 342 g/mol. The number of nitrogens with zero attached hydrogens (tertiary/aromatic N) is 2. The van der Waals surface area contributed by atoms with Crippen molar-refractivity contribution in [3.8, 4) is 5.75 Å². The molecule has 0 spiro atoms. The monoisotopic (exact) mass is 367 g/mol. The number of aryl methyl sites for hydroxylation is 1. The quantitative estimate of drug-likeness (QED) is 0.640. The summed E-state index contributed by atoms with van der Waals surface area (Å²) in [4.78, 5) is 15.7. The number of hydrogen-bond acceptors (Lipinski definition) is 4. The van der Waals surface area contributed by atoms with Crippen molar-refractivity contribution in [3.63, 3.8) is 0 Å². The first kappa shape index (κ1) is 18.9. The van der Waals surface area contributed by atoms with E-state index in [0.717, 1.165) is 29.7 Å². The molecule has 0 aliphatic carbocycles. The lowest BCUT2D eigenvalue weighted by molar-refractivity contribution is -0.114. The van der Waals surface area contributed by atoms with Gasteiger partial charge in [-0.3, -0.25) is 4.79 Å². The van der Waals surface area contributed by atoms with E-state index in [1.165, 1.54) is 6.92 Å². The van der Waals surface area contributed by atoms with Gasteiger partial charge >= 0.3 is 0 Å². The Labute approximate surface area is 158 Å². The van der Waals surface area contributed by atoms with E-state index in [2.05, 4.69) is 21.8 Å². The van der Waals surface area contributed by atoms with Gasteiger partial charge in [-0.1, -0.05) is 19.1 Å². The van der Waals surface area contributed by atoms with E-state index in [9.17, 15) is 9.90 Å². The molecule has 1 heterocycles. The predicted octanol–water partition coefficient (Wildman–Crippen LogP) is 3.39. The molecule has 0 saturated carbocycles. The molecule has 0 fully saturated rings. The van der Waals surface area contributed by atoms with Crippen molar-refractivity contribution in [3.05, 3.63) is 54.4 Å². The Bertz CT molecular complexity index is 903. The zero-order valence-electron chi connectivity index (χ0n) is 15.7. The number of nitrogens with one attached hydrogen (secondary N) is 1. The van der Waals surface area contributed by atoms with E-state index in [0.29, 0.717) is 18.0 Å². The molecule has 0 unspecified atom stereocenters. The van der Waals surface area contributed by atoms with Crippen LogP contribution < -0.4 is 10.1 Å². The van der Waals surface area contributed by atoms with Crippen molar-refractivity contribution in [1.29, 1.82) is 0 Å². The van der Waals surface area contributed by atoms with Crippen LogP contribution in [0.15, 0.2) is 48.5 Å². The number of imidazole rings is 1. The molecule has 2 N–H and O–H groups in total. The van der Waals surface area contributed by atoms with E-state index in [1.807, 2.05) is 24.3 Å². The summed E-state index contributed by atoms with van der Waals surface area (Å²) in [7, 11) is 0. The molecule has 0 bridgehead atoms. The number of fused-ring (bicyclic) bond motifs is 1. The number of carbonyl (C=O) groups is 1. The zero-order valence-corrected chi connectivity index (χ0v) is 15.7. The van der Waals surface area contributed by atoms with Crippen LogP contribution in [0.2, 0.25) is 0 Å². The second-order valence-corrected chi connectivity index (χ2v) is 6.55. The van der Waals surface area contributed by atoms with Crippen molar-refractivity contribution in [1.82, 2.24) is 9.55 Å². The summed E-state index contributed by atoms with van der Waals surface area (Å²) in [6, 6.07) is 15.0. The second kappa shape index (κ2) is 8.68. The highest BCUT2D eigenvalue weighted by atomic mass is 16.5. The molecule has 142 valence electrons. The Hall–Kier alpha value is -2.86. The molecule has 6 heteroatoms. The minimum Gasteiger partial charge on any atom is -0.491 e. The molecule has 0 saturated heterocycles. The van der Waals surface area contributed by atoms with Crippen LogP contribution in [0.25, 0.3) is 11.0 Å². The summed E-state index contributed by atoms with van der Waals surface area (Å²) in [5.41, 5.74) is 2.69. The van der Waals surface area contributed by atoms with Gasteiger partial charge in [0.2, 0.25) is 5.91 Å². The van der Waals surface area contributed by atoms with Gasteiger partial charge < -0.3 is 19.7 Å². The molecular formula is C21H25N3O3. The van der Waals surface area contributed by atoms with Gasteiger partial charge in [0.1, 0.15) is 24.3 Å². The van der Waals surface area contributed by atoms with Gasteiger partial charge in [-0.15, -0.1) is 0 Å². The highest BCUT2D eigenvalue weighted by Crippen LogP contribution is 2.19. The number of benzene rings is 2. The number of aliphatic hydroxyl groups is 1. The summed E-state index contributed by atoms with van der Waals surface area (Å²) < 4.78 is 7.77. The third kappa shape index (κ3) is 4.86. The van der Waals surface area contributed by atoms with Crippen molar-refractivity contribution in [2.24, 2.45) is 0 Å². The van der Waals surface area contributed by atoms with Crippen LogP contribution in [0.5, 0.6) is 5.75 Å². The Morgan fingerprint density at radius 1 is 1.22 bits per heavy atom. The summed E-state index contributed by atoms with van der Waals surface area (Å²) in [6.45, 7) is 4.19. The predicted molar refractivity (Wildman–Crippen MR) is 106 cm³/mol. The van der Waals surface area contributed by atoms with Crippen molar-refractivity contribution in [2.75, 3.05) is 11.9 Å². The normalized spacial score (nSPS) is 12.1. The van der Waals surface area contributed by atoms with E-state index >= 15 is 0 Å². The topological polar surface area (TPSA) is 76.4 Å². The first-order chi connectivity index (χ1) is 13.1. The minimum atomic E-state index is -0.659. The Morgan fingerprint density at radius 3 is 2.67 bits per heavy atom. The summed E-state index contributed by atoms with van der Waals surface area (Å²) in [6.07, 6.45) is 1.21. The van der Waals surface area contributed by atoms with Gasteiger partial charge in [0.05, 0.1) is 17.6 Å².